The number of hydrogen-bond donors (Lipinski definition) is 7. The maximum absolute atomic E-state index is 12.8. The van der Waals surface area contributed by atoms with Crippen molar-refractivity contribution < 1.29 is 34.2 Å². The predicted molar refractivity (Wildman–Crippen MR) is 111 cm³/mol. The largest absolute Gasteiger partial charge is 0.480 e. The van der Waals surface area contributed by atoms with Gasteiger partial charge in [-0.2, -0.15) is 0 Å². The number of aliphatic hydroxyl groups excluding tert-OH is 1. The second-order valence-corrected chi connectivity index (χ2v) is 7.94. The molecule has 0 spiro atoms. The lowest BCUT2D eigenvalue weighted by molar-refractivity contribution is -0.144. The van der Waals surface area contributed by atoms with E-state index in [9.17, 15) is 34.2 Å². The number of primary amides is 1. The van der Waals surface area contributed by atoms with Crippen molar-refractivity contribution in [3.63, 3.8) is 0 Å². The van der Waals surface area contributed by atoms with Crippen LogP contribution < -0.4 is 27.4 Å². The first kappa shape index (κ1) is 28.3. The summed E-state index contributed by atoms with van der Waals surface area (Å²) >= 11 is 0. The molecular weight excluding hydrogens is 410 g/mol. The van der Waals surface area contributed by atoms with E-state index in [1.807, 2.05) is 0 Å². The number of nitrogens with two attached hydrogens (primary N) is 2. The van der Waals surface area contributed by atoms with Gasteiger partial charge >= 0.3 is 5.97 Å². The number of carboxylic acid groups (broad SMARTS) is 1. The van der Waals surface area contributed by atoms with E-state index >= 15 is 0 Å². The molecule has 0 aliphatic rings. The van der Waals surface area contributed by atoms with E-state index in [1.54, 1.807) is 27.7 Å². The van der Waals surface area contributed by atoms with E-state index in [2.05, 4.69) is 16.0 Å². The summed E-state index contributed by atoms with van der Waals surface area (Å²) in [6.45, 7) is 7.99. The summed E-state index contributed by atoms with van der Waals surface area (Å²) in [5.41, 5.74) is 10.7. The molecule has 0 heterocycles. The van der Waals surface area contributed by atoms with Gasteiger partial charge in [0.15, 0.2) is 0 Å². The van der Waals surface area contributed by atoms with Gasteiger partial charge in [-0.15, -0.1) is 0 Å². The van der Waals surface area contributed by atoms with Crippen LogP contribution in [0.15, 0.2) is 0 Å². The molecule has 9 N–H and O–H groups in total. The Balaban J connectivity index is 5.59. The fraction of sp³-hybridized carbons (Fsp3) is 0.737. The topological polar surface area (TPSA) is 214 Å². The van der Waals surface area contributed by atoms with Crippen molar-refractivity contribution in [2.75, 3.05) is 0 Å². The molecule has 6 unspecified atom stereocenters. The predicted octanol–water partition coefficient (Wildman–Crippen LogP) is -2.19. The Bertz CT molecular complexity index is 668. The number of amides is 4. The van der Waals surface area contributed by atoms with Crippen LogP contribution in [0.5, 0.6) is 0 Å². The second kappa shape index (κ2) is 12.8. The maximum atomic E-state index is 12.8. The van der Waals surface area contributed by atoms with Crippen LogP contribution in [-0.2, 0) is 24.0 Å². The summed E-state index contributed by atoms with van der Waals surface area (Å²) in [5.74, 6) is -5.37. The third-order valence-corrected chi connectivity index (χ3v) is 4.88. The van der Waals surface area contributed by atoms with Crippen LogP contribution in [-0.4, -0.2) is 70.1 Å². The fourth-order valence-corrected chi connectivity index (χ4v) is 2.61. The molecule has 0 fully saturated rings. The lowest BCUT2D eigenvalue weighted by Gasteiger charge is -2.28. The van der Waals surface area contributed by atoms with E-state index in [1.165, 1.54) is 6.92 Å². The summed E-state index contributed by atoms with van der Waals surface area (Å²) in [4.78, 5) is 60.4. The summed E-state index contributed by atoms with van der Waals surface area (Å²) < 4.78 is 0. The standard InChI is InChI=1S/C19H35N5O7/c1-6-9(4)15(18(29)23-14(8(2)3)19(30)31)24-16(27)11(7-12(20)26)22-17(28)13(21)10(5)25/h8-11,13-15,25H,6-7,21H2,1-5H3,(H2,20,26)(H,22,28)(H,23,29)(H,24,27)(H,30,31). The molecule has 0 rings (SSSR count). The van der Waals surface area contributed by atoms with Crippen LogP contribution in [0.3, 0.4) is 0 Å². The second-order valence-electron chi connectivity index (χ2n) is 7.94. The van der Waals surface area contributed by atoms with Gasteiger partial charge in [0.05, 0.1) is 12.5 Å². The molecule has 0 saturated heterocycles. The number of aliphatic carboxylic acids is 1. The van der Waals surface area contributed by atoms with Crippen molar-refractivity contribution in [2.45, 2.75) is 77.7 Å². The third kappa shape index (κ3) is 9.30. The highest BCUT2D eigenvalue weighted by atomic mass is 16.4. The first-order valence-corrected chi connectivity index (χ1v) is 10.1. The highest BCUT2D eigenvalue weighted by Gasteiger charge is 2.34. The monoisotopic (exact) mass is 445 g/mol. The number of carboxylic acids is 1. The van der Waals surface area contributed by atoms with Crippen molar-refractivity contribution in [2.24, 2.45) is 23.3 Å². The number of rotatable bonds is 13. The van der Waals surface area contributed by atoms with Crippen LogP contribution in [0.1, 0.15) is 47.5 Å². The summed E-state index contributed by atoms with van der Waals surface area (Å²) in [7, 11) is 0. The lowest BCUT2D eigenvalue weighted by atomic mass is 9.96. The van der Waals surface area contributed by atoms with E-state index in [0.29, 0.717) is 6.42 Å². The molecule has 0 aliphatic heterocycles. The Kier molecular flexibility index (Phi) is 11.7. The highest BCUT2D eigenvalue weighted by molar-refractivity contribution is 5.96. The molecule has 178 valence electrons. The van der Waals surface area contributed by atoms with Crippen LogP contribution >= 0.6 is 0 Å². The van der Waals surface area contributed by atoms with Crippen molar-refractivity contribution >= 4 is 29.6 Å². The van der Waals surface area contributed by atoms with Gasteiger partial charge in [0, 0.05) is 0 Å². The average Bonchev–Trinajstić information content (AvgIpc) is 2.66. The zero-order valence-electron chi connectivity index (χ0n) is 18.5. The summed E-state index contributed by atoms with van der Waals surface area (Å²) in [6.07, 6.45) is -1.31. The van der Waals surface area contributed by atoms with Gasteiger partial charge in [-0.1, -0.05) is 34.1 Å². The first-order valence-electron chi connectivity index (χ1n) is 10.1. The molecule has 0 aromatic heterocycles. The van der Waals surface area contributed by atoms with Crippen LogP contribution in [0.25, 0.3) is 0 Å². The molecule has 31 heavy (non-hydrogen) atoms. The van der Waals surface area contributed by atoms with Crippen molar-refractivity contribution in [3.05, 3.63) is 0 Å². The smallest absolute Gasteiger partial charge is 0.326 e. The van der Waals surface area contributed by atoms with E-state index < -0.39 is 78.1 Å². The van der Waals surface area contributed by atoms with Gasteiger partial charge in [0.2, 0.25) is 23.6 Å². The minimum absolute atomic E-state index is 0.393. The zero-order chi connectivity index (χ0) is 24.5. The molecular formula is C19H35N5O7. The molecule has 0 aliphatic carbocycles. The Morgan fingerprint density at radius 2 is 1.39 bits per heavy atom. The van der Waals surface area contributed by atoms with Crippen LogP contribution in [0, 0.1) is 11.8 Å². The highest BCUT2D eigenvalue weighted by Crippen LogP contribution is 2.11. The summed E-state index contributed by atoms with van der Waals surface area (Å²) in [5, 5.41) is 25.9. The first-order chi connectivity index (χ1) is 14.2. The molecule has 6 atom stereocenters. The molecule has 4 amide bonds. The van der Waals surface area contributed by atoms with Gasteiger partial charge in [0.25, 0.3) is 0 Å². The van der Waals surface area contributed by atoms with E-state index in [4.69, 9.17) is 11.5 Å². The Hall–Kier alpha value is -2.73. The molecule has 0 radical (unpaired) electrons. The van der Waals surface area contributed by atoms with Gasteiger partial charge in [-0.3, -0.25) is 19.2 Å². The van der Waals surface area contributed by atoms with Gasteiger partial charge < -0.3 is 37.6 Å². The quantitative estimate of drug-likeness (QED) is 0.165. The zero-order valence-corrected chi connectivity index (χ0v) is 18.5. The van der Waals surface area contributed by atoms with Crippen molar-refractivity contribution in [3.8, 4) is 0 Å². The number of carbonyl (C=O) groups is 5. The Labute approximate surface area is 181 Å². The normalized spacial score (nSPS) is 16.9. The Morgan fingerprint density at radius 3 is 1.77 bits per heavy atom. The van der Waals surface area contributed by atoms with E-state index in [-0.39, 0.29) is 0 Å². The average molecular weight is 446 g/mol. The molecule has 12 nitrogen and oxygen atoms in total. The van der Waals surface area contributed by atoms with Gasteiger partial charge in [0.1, 0.15) is 24.2 Å². The lowest BCUT2D eigenvalue weighted by Crippen LogP contribution is -2.60. The maximum Gasteiger partial charge on any atom is 0.326 e. The van der Waals surface area contributed by atoms with Gasteiger partial charge in [-0.25, -0.2) is 4.79 Å². The number of carbonyl (C=O) groups excluding carboxylic acids is 4. The van der Waals surface area contributed by atoms with Crippen molar-refractivity contribution in [1.29, 1.82) is 0 Å². The van der Waals surface area contributed by atoms with Crippen LogP contribution in [0.4, 0.5) is 0 Å². The minimum Gasteiger partial charge on any atom is -0.480 e. The molecule has 0 saturated carbocycles. The number of nitrogens with one attached hydrogen (secondary N) is 3. The fourth-order valence-electron chi connectivity index (χ4n) is 2.61. The van der Waals surface area contributed by atoms with Gasteiger partial charge in [-0.05, 0) is 18.8 Å². The molecule has 0 bridgehead atoms. The Morgan fingerprint density at radius 1 is 0.871 bits per heavy atom. The van der Waals surface area contributed by atoms with Crippen LogP contribution in [0.2, 0.25) is 0 Å². The van der Waals surface area contributed by atoms with E-state index in [0.717, 1.165) is 0 Å². The van der Waals surface area contributed by atoms with Crippen molar-refractivity contribution in [1.82, 2.24) is 16.0 Å². The SMILES string of the molecule is CCC(C)C(NC(=O)C(CC(N)=O)NC(=O)C(N)C(C)O)C(=O)NC(C(=O)O)C(C)C. The third-order valence-electron chi connectivity index (χ3n) is 4.88. The molecule has 12 heteroatoms. The number of aliphatic hydroxyl groups is 1. The minimum atomic E-state index is -1.44. The molecule has 0 aromatic carbocycles. The summed E-state index contributed by atoms with van der Waals surface area (Å²) in [6, 6.07) is -5.08. The molecule has 0 aromatic rings. The number of hydrogen-bond acceptors (Lipinski definition) is 7.